The number of hydrogen-bond donors (Lipinski definition) is 0. The molecule has 1 atom stereocenters. The van der Waals surface area contributed by atoms with Crippen LogP contribution in [-0.4, -0.2) is 41.9 Å². The molecule has 0 fully saturated rings. The number of fused-ring (bicyclic) bond motifs is 1. The predicted octanol–water partition coefficient (Wildman–Crippen LogP) is 2.89. The van der Waals surface area contributed by atoms with Crippen molar-refractivity contribution in [3.8, 4) is 5.75 Å². The van der Waals surface area contributed by atoms with Gasteiger partial charge in [0, 0.05) is 30.4 Å². The second-order valence-corrected chi connectivity index (χ2v) is 8.29. The van der Waals surface area contributed by atoms with Gasteiger partial charge in [0.1, 0.15) is 11.6 Å². The molecule has 1 aliphatic heterocycles. The number of halogens is 1. The average molecular weight is 400 g/mol. The van der Waals surface area contributed by atoms with Gasteiger partial charge < -0.3 is 4.74 Å². The smallest absolute Gasteiger partial charge is 0.247 e. The lowest BCUT2D eigenvalue weighted by molar-refractivity contribution is 0.375. The number of hydrazone groups is 1. The summed E-state index contributed by atoms with van der Waals surface area (Å²) in [6.45, 7) is 0. The number of nitrogens with zero attached hydrogens (tertiary/aromatic N) is 4. The minimum Gasteiger partial charge on any atom is -0.497 e. The van der Waals surface area contributed by atoms with Gasteiger partial charge in [0.05, 0.1) is 36.2 Å². The van der Waals surface area contributed by atoms with Crippen LogP contribution >= 0.6 is 0 Å². The molecule has 2 heterocycles. The van der Waals surface area contributed by atoms with E-state index in [1.807, 2.05) is 0 Å². The molecule has 0 spiro atoms. The molecule has 0 radical (unpaired) electrons. The van der Waals surface area contributed by atoms with Crippen LogP contribution in [0, 0.1) is 5.82 Å². The molecule has 0 aliphatic carbocycles. The van der Waals surface area contributed by atoms with Crippen LogP contribution in [0.25, 0.3) is 11.0 Å². The number of hydrogen-bond acceptors (Lipinski definition) is 6. The Labute approximate surface area is 161 Å². The summed E-state index contributed by atoms with van der Waals surface area (Å²) in [4.78, 5) is 8.49. The van der Waals surface area contributed by atoms with E-state index in [1.54, 1.807) is 42.7 Å². The number of ether oxygens (including phenoxy) is 1. The second-order valence-electron chi connectivity index (χ2n) is 6.45. The Bertz CT molecular complexity index is 1200. The Kier molecular flexibility index (Phi) is 4.46. The first-order valence-electron chi connectivity index (χ1n) is 8.48. The Morgan fingerprint density at radius 3 is 2.54 bits per heavy atom. The summed E-state index contributed by atoms with van der Waals surface area (Å²) in [5.41, 5.74) is 2.67. The van der Waals surface area contributed by atoms with Crippen molar-refractivity contribution in [1.82, 2.24) is 14.4 Å². The molecule has 0 saturated carbocycles. The fourth-order valence-corrected chi connectivity index (χ4v) is 4.16. The second kappa shape index (κ2) is 6.83. The van der Waals surface area contributed by atoms with Crippen molar-refractivity contribution >= 4 is 26.8 Å². The molecule has 0 bridgehead atoms. The minimum absolute atomic E-state index is 0.238. The quantitative estimate of drug-likeness (QED) is 0.672. The maximum atomic E-state index is 14.5. The van der Waals surface area contributed by atoms with Gasteiger partial charge in [0.15, 0.2) is 0 Å². The fraction of sp³-hybridized carbons (Fsp3) is 0.211. The van der Waals surface area contributed by atoms with Crippen LogP contribution in [-0.2, 0) is 10.0 Å². The number of benzene rings is 2. The highest BCUT2D eigenvalue weighted by Crippen LogP contribution is 2.36. The fourth-order valence-electron chi connectivity index (χ4n) is 3.25. The molecule has 9 heteroatoms. The largest absolute Gasteiger partial charge is 0.497 e. The molecule has 1 aliphatic rings. The standard InChI is InChI=1S/C19H17FN4O3S/c1-27-13-4-5-14(15(20)10-13)17-11-19(24(23-17)28(2,25)26)12-3-6-16-18(9-12)22-8-7-21-16/h3-10,19H,11H2,1-2H3. The molecular weight excluding hydrogens is 383 g/mol. The molecule has 28 heavy (non-hydrogen) atoms. The third-order valence-electron chi connectivity index (χ3n) is 4.58. The summed E-state index contributed by atoms with van der Waals surface area (Å²) in [7, 11) is -2.21. The van der Waals surface area contributed by atoms with Gasteiger partial charge in [-0.25, -0.2) is 12.8 Å². The highest BCUT2D eigenvalue weighted by atomic mass is 32.2. The van der Waals surface area contributed by atoms with Gasteiger partial charge in [-0.15, -0.1) is 0 Å². The first-order chi connectivity index (χ1) is 13.4. The third kappa shape index (κ3) is 3.29. The molecule has 3 aromatic rings. The summed E-state index contributed by atoms with van der Waals surface area (Å²) in [5, 5.41) is 4.23. The molecule has 1 unspecified atom stereocenters. The Hall–Kier alpha value is -3.07. The van der Waals surface area contributed by atoms with Gasteiger partial charge >= 0.3 is 0 Å². The summed E-state index contributed by atoms with van der Waals surface area (Å²) < 4.78 is 45.2. The maximum Gasteiger partial charge on any atom is 0.247 e. The van der Waals surface area contributed by atoms with E-state index in [4.69, 9.17) is 4.74 Å². The zero-order valence-electron chi connectivity index (χ0n) is 15.2. The Balaban J connectivity index is 1.76. The Morgan fingerprint density at radius 2 is 1.86 bits per heavy atom. The van der Waals surface area contributed by atoms with Crippen molar-refractivity contribution < 1.29 is 17.5 Å². The van der Waals surface area contributed by atoms with Gasteiger partial charge in [-0.1, -0.05) is 6.07 Å². The number of aromatic nitrogens is 2. The molecule has 7 nitrogen and oxygen atoms in total. The van der Waals surface area contributed by atoms with Gasteiger partial charge in [-0.2, -0.15) is 9.52 Å². The van der Waals surface area contributed by atoms with E-state index in [-0.39, 0.29) is 12.0 Å². The summed E-state index contributed by atoms with van der Waals surface area (Å²) in [5.74, 6) is -0.138. The SMILES string of the molecule is COc1ccc(C2=NN(S(C)(=O)=O)C(c3ccc4nccnc4c3)C2)c(F)c1. The monoisotopic (exact) mass is 400 g/mol. The first kappa shape index (κ1) is 18.3. The van der Waals surface area contributed by atoms with Gasteiger partial charge in [-0.05, 0) is 29.8 Å². The highest BCUT2D eigenvalue weighted by Gasteiger charge is 2.35. The van der Waals surface area contributed by atoms with Gasteiger partial charge in [-0.3, -0.25) is 9.97 Å². The average Bonchev–Trinajstić information content (AvgIpc) is 3.13. The van der Waals surface area contributed by atoms with Crippen molar-refractivity contribution in [2.75, 3.05) is 13.4 Å². The molecular formula is C19H17FN4O3S. The predicted molar refractivity (Wildman–Crippen MR) is 103 cm³/mol. The number of methoxy groups -OCH3 is 1. The van der Waals surface area contributed by atoms with Crippen LogP contribution in [0.3, 0.4) is 0 Å². The van der Waals surface area contributed by atoms with Crippen LogP contribution in [0.4, 0.5) is 4.39 Å². The van der Waals surface area contributed by atoms with Crippen molar-refractivity contribution in [1.29, 1.82) is 0 Å². The van der Waals surface area contributed by atoms with Gasteiger partial charge in [0.2, 0.25) is 10.0 Å². The van der Waals surface area contributed by atoms with Crippen molar-refractivity contribution in [2.24, 2.45) is 5.10 Å². The van der Waals surface area contributed by atoms with E-state index in [9.17, 15) is 12.8 Å². The first-order valence-corrected chi connectivity index (χ1v) is 10.3. The minimum atomic E-state index is -3.66. The summed E-state index contributed by atoms with van der Waals surface area (Å²) >= 11 is 0. The Morgan fingerprint density at radius 1 is 1.11 bits per heavy atom. The van der Waals surface area contributed by atoms with E-state index in [1.165, 1.54) is 13.2 Å². The zero-order valence-corrected chi connectivity index (χ0v) is 16.0. The molecule has 0 N–H and O–H groups in total. The molecule has 144 valence electrons. The lowest BCUT2D eigenvalue weighted by atomic mass is 9.98. The molecule has 0 saturated heterocycles. The van der Waals surface area contributed by atoms with E-state index in [0.29, 0.717) is 28.1 Å². The number of sulfonamides is 1. The van der Waals surface area contributed by atoms with Crippen LogP contribution in [0.15, 0.2) is 53.9 Å². The van der Waals surface area contributed by atoms with E-state index in [0.717, 1.165) is 10.7 Å². The molecule has 4 rings (SSSR count). The summed E-state index contributed by atoms with van der Waals surface area (Å²) in [6.07, 6.45) is 4.48. The van der Waals surface area contributed by atoms with Crippen molar-refractivity contribution in [3.63, 3.8) is 0 Å². The highest BCUT2D eigenvalue weighted by molar-refractivity contribution is 7.88. The maximum absolute atomic E-state index is 14.5. The molecule has 0 amide bonds. The lowest BCUT2D eigenvalue weighted by Crippen LogP contribution is -2.25. The normalized spacial score (nSPS) is 17.0. The van der Waals surface area contributed by atoms with Crippen LogP contribution < -0.4 is 4.74 Å². The third-order valence-corrected chi connectivity index (χ3v) is 5.59. The summed E-state index contributed by atoms with van der Waals surface area (Å²) in [6, 6.07) is 9.19. The lowest BCUT2D eigenvalue weighted by Gasteiger charge is -2.21. The van der Waals surface area contributed by atoms with E-state index in [2.05, 4.69) is 15.1 Å². The van der Waals surface area contributed by atoms with Crippen molar-refractivity contribution in [2.45, 2.75) is 12.5 Å². The zero-order chi connectivity index (χ0) is 19.9. The van der Waals surface area contributed by atoms with Crippen LogP contribution in [0.2, 0.25) is 0 Å². The van der Waals surface area contributed by atoms with E-state index < -0.39 is 21.9 Å². The van der Waals surface area contributed by atoms with E-state index >= 15 is 0 Å². The van der Waals surface area contributed by atoms with Gasteiger partial charge in [0.25, 0.3) is 0 Å². The molecule has 2 aromatic carbocycles. The molecule has 1 aromatic heterocycles. The van der Waals surface area contributed by atoms with Crippen LogP contribution in [0.1, 0.15) is 23.6 Å². The van der Waals surface area contributed by atoms with Crippen LogP contribution in [0.5, 0.6) is 5.75 Å². The van der Waals surface area contributed by atoms with Crippen molar-refractivity contribution in [3.05, 3.63) is 65.7 Å². The topological polar surface area (TPSA) is 84.8 Å². The number of rotatable bonds is 4.